The average Bonchev–Trinajstić information content (AvgIpc) is 2.78. The predicted molar refractivity (Wildman–Crippen MR) is 58.6 cm³/mol. The summed E-state index contributed by atoms with van der Waals surface area (Å²) in [6.45, 7) is -0.162. The molecule has 0 fully saturated rings. The topological polar surface area (TPSA) is 21.6 Å². The smallest absolute Gasteiger partial charge is 0.393 e. The molecule has 92 valence electrons. The van der Waals surface area contributed by atoms with Crippen molar-refractivity contribution in [1.82, 2.24) is 0 Å². The molecule has 5 heteroatoms. The van der Waals surface area contributed by atoms with E-state index in [0.717, 1.165) is 5.56 Å². The monoisotopic (exact) mass is 243 g/mol. The van der Waals surface area contributed by atoms with Crippen molar-refractivity contribution in [3.8, 4) is 5.75 Å². The first-order valence-electron chi connectivity index (χ1n) is 5.25. The van der Waals surface area contributed by atoms with E-state index in [-0.39, 0.29) is 13.0 Å². The Labute approximate surface area is 97.1 Å². The second-order valence-corrected chi connectivity index (χ2v) is 3.96. The number of ether oxygens (including phenoxy) is 1. The summed E-state index contributed by atoms with van der Waals surface area (Å²) in [5.74, 6) is -0.653. The maximum Gasteiger partial charge on any atom is 0.393 e. The lowest BCUT2D eigenvalue weighted by Crippen LogP contribution is -2.23. The van der Waals surface area contributed by atoms with E-state index < -0.39 is 12.1 Å². The number of nitrogens with zero attached hydrogens (tertiary/aromatic N) is 1. The van der Waals surface area contributed by atoms with Crippen LogP contribution in [-0.4, -0.2) is 25.5 Å². The summed E-state index contributed by atoms with van der Waals surface area (Å²) in [6.07, 6.45) is -4.19. The van der Waals surface area contributed by atoms with Crippen LogP contribution in [-0.2, 0) is 0 Å². The van der Waals surface area contributed by atoms with Gasteiger partial charge in [0.1, 0.15) is 5.75 Å². The summed E-state index contributed by atoms with van der Waals surface area (Å²) in [6, 6.07) is 6.91. The molecule has 0 aromatic heterocycles. The molecule has 2 nitrogen and oxygen atoms in total. The fourth-order valence-electron chi connectivity index (χ4n) is 1.79. The number of halogens is 3. The lowest BCUT2D eigenvalue weighted by atomic mass is 10.0. The highest BCUT2D eigenvalue weighted by molar-refractivity contribution is 6.01. The van der Waals surface area contributed by atoms with E-state index in [2.05, 4.69) is 4.99 Å². The molecule has 1 atom stereocenters. The molecule has 0 spiro atoms. The zero-order chi connectivity index (χ0) is 12.5. The third kappa shape index (κ3) is 2.60. The highest BCUT2D eigenvalue weighted by Crippen LogP contribution is 2.33. The van der Waals surface area contributed by atoms with Crippen molar-refractivity contribution in [2.75, 3.05) is 13.7 Å². The first kappa shape index (κ1) is 12.0. The van der Waals surface area contributed by atoms with Crippen LogP contribution in [0.25, 0.3) is 0 Å². The van der Waals surface area contributed by atoms with Gasteiger partial charge in [0, 0.05) is 12.1 Å². The molecule has 0 aliphatic carbocycles. The Morgan fingerprint density at radius 2 is 1.88 bits per heavy atom. The molecule has 0 N–H and O–H groups in total. The zero-order valence-electron chi connectivity index (χ0n) is 9.29. The van der Waals surface area contributed by atoms with Crippen molar-refractivity contribution in [2.45, 2.75) is 12.6 Å². The number of rotatable bonds is 2. The molecule has 1 aliphatic rings. The van der Waals surface area contributed by atoms with Crippen LogP contribution in [0.15, 0.2) is 29.3 Å². The van der Waals surface area contributed by atoms with Crippen LogP contribution in [0.3, 0.4) is 0 Å². The van der Waals surface area contributed by atoms with Gasteiger partial charge in [-0.1, -0.05) is 0 Å². The minimum atomic E-state index is -4.16. The first-order valence-corrected chi connectivity index (χ1v) is 5.25. The van der Waals surface area contributed by atoms with Gasteiger partial charge in [0.05, 0.1) is 19.6 Å². The van der Waals surface area contributed by atoms with Crippen LogP contribution < -0.4 is 4.74 Å². The van der Waals surface area contributed by atoms with Crippen molar-refractivity contribution in [3.05, 3.63) is 29.8 Å². The second kappa shape index (κ2) is 4.39. The molecule has 0 saturated heterocycles. The van der Waals surface area contributed by atoms with Gasteiger partial charge < -0.3 is 4.74 Å². The molecular formula is C12H12F3NO. The lowest BCUT2D eigenvalue weighted by molar-refractivity contribution is -0.167. The molecule has 0 radical (unpaired) electrons. The van der Waals surface area contributed by atoms with Crippen molar-refractivity contribution in [1.29, 1.82) is 0 Å². The summed E-state index contributed by atoms with van der Waals surface area (Å²) >= 11 is 0. The number of hydrogen-bond donors (Lipinski definition) is 0. The summed E-state index contributed by atoms with van der Waals surface area (Å²) in [5.41, 5.74) is 1.26. The van der Waals surface area contributed by atoms with E-state index in [1.165, 1.54) is 0 Å². The number of methoxy groups -OCH3 is 1. The lowest BCUT2D eigenvalue weighted by Gasteiger charge is -2.12. The molecule has 1 aliphatic heterocycles. The maximum absolute atomic E-state index is 12.5. The quantitative estimate of drug-likeness (QED) is 0.782. The van der Waals surface area contributed by atoms with Gasteiger partial charge in [0.25, 0.3) is 0 Å². The highest BCUT2D eigenvalue weighted by atomic mass is 19.4. The molecule has 0 amide bonds. The fourth-order valence-corrected chi connectivity index (χ4v) is 1.79. The number of aliphatic imine (C=N–C) groups is 1. The highest BCUT2D eigenvalue weighted by Gasteiger charge is 2.42. The Bertz CT molecular complexity index is 422. The van der Waals surface area contributed by atoms with Crippen molar-refractivity contribution < 1.29 is 17.9 Å². The fraction of sp³-hybridized carbons (Fsp3) is 0.417. The molecule has 1 heterocycles. The predicted octanol–water partition coefficient (Wildman–Crippen LogP) is 3.07. The molecular weight excluding hydrogens is 231 g/mol. The summed E-state index contributed by atoms with van der Waals surface area (Å²) < 4.78 is 42.4. The Hall–Kier alpha value is -1.52. The van der Waals surface area contributed by atoms with Gasteiger partial charge in [-0.2, -0.15) is 13.2 Å². The van der Waals surface area contributed by atoms with Crippen molar-refractivity contribution in [3.63, 3.8) is 0 Å². The van der Waals surface area contributed by atoms with Crippen LogP contribution in [0.4, 0.5) is 13.2 Å². The van der Waals surface area contributed by atoms with Gasteiger partial charge >= 0.3 is 6.18 Å². The van der Waals surface area contributed by atoms with E-state index in [4.69, 9.17) is 4.74 Å². The van der Waals surface area contributed by atoms with Crippen molar-refractivity contribution >= 4 is 5.71 Å². The van der Waals surface area contributed by atoms with Gasteiger partial charge in [-0.15, -0.1) is 0 Å². The van der Waals surface area contributed by atoms with E-state index in [0.29, 0.717) is 11.5 Å². The van der Waals surface area contributed by atoms with Crippen LogP contribution in [0.2, 0.25) is 0 Å². The summed E-state index contributed by atoms with van der Waals surface area (Å²) in [7, 11) is 1.54. The Morgan fingerprint density at radius 3 is 2.35 bits per heavy atom. The van der Waals surface area contributed by atoms with Crippen LogP contribution in [0.1, 0.15) is 12.0 Å². The normalized spacial score (nSPS) is 20.2. The number of hydrogen-bond acceptors (Lipinski definition) is 2. The minimum Gasteiger partial charge on any atom is -0.497 e. The van der Waals surface area contributed by atoms with E-state index >= 15 is 0 Å². The van der Waals surface area contributed by atoms with Crippen molar-refractivity contribution in [2.24, 2.45) is 10.9 Å². The van der Waals surface area contributed by atoms with Crippen LogP contribution in [0, 0.1) is 5.92 Å². The molecule has 2 rings (SSSR count). The van der Waals surface area contributed by atoms with Gasteiger partial charge in [-0.05, 0) is 29.8 Å². The summed E-state index contributed by atoms with van der Waals surface area (Å²) in [5, 5.41) is 0. The number of alkyl halides is 3. The summed E-state index contributed by atoms with van der Waals surface area (Å²) in [4.78, 5) is 3.97. The standard InChI is InChI=1S/C12H12F3NO/c1-17-10-4-2-8(3-5-10)11-6-9(7-16-11)12(13,14)15/h2-5,9H,6-7H2,1H3. The Kier molecular flexibility index (Phi) is 3.09. The average molecular weight is 243 g/mol. The van der Waals surface area contributed by atoms with Gasteiger partial charge in [0.15, 0.2) is 0 Å². The zero-order valence-corrected chi connectivity index (χ0v) is 9.29. The molecule has 1 unspecified atom stereocenters. The molecule has 1 aromatic carbocycles. The van der Waals surface area contributed by atoms with Crippen LogP contribution >= 0.6 is 0 Å². The third-order valence-corrected chi connectivity index (χ3v) is 2.83. The third-order valence-electron chi connectivity index (χ3n) is 2.83. The van der Waals surface area contributed by atoms with Crippen LogP contribution in [0.5, 0.6) is 5.75 Å². The Balaban J connectivity index is 2.09. The van der Waals surface area contributed by atoms with E-state index in [1.807, 2.05) is 0 Å². The second-order valence-electron chi connectivity index (χ2n) is 3.96. The van der Waals surface area contributed by atoms with E-state index in [1.54, 1.807) is 31.4 Å². The maximum atomic E-state index is 12.5. The minimum absolute atomic E-state index is 0.0319. The largest absolute Gasteiger partial charge is 0.497 e. The molecule has 1 aromatic rings. The van der Waals surface area contributed by atoms with E-state index in [9.17, 15) is 13.2 Å². The SMILES string of the molecule is COc1ccc(C2=NCC(C(F)(F)F)C2)cc1. The van der Waals surface area contributed by atoms with Gasteiger partial charge in [0.2, 0.25) is 0 Å². The van der Waals surface area contributed by atoms with Gasteiger partial charge in [-0.25, -0.2) is 0 Å². The number of benzene rings is 1. The molecule has 17 heavy (non-hydrogen) atoms. The molecule has 0 bridgehead atoms. The first-order chi connectivity index (χ1) is 8.00. The van der Waals surface area contributed by atoms with Gasteiger partial charge in [-0.3, -0.25) is 4.99 Å². The molecule has 0 saturated carbocycles. The Morgan fingerprint density at radius 1 is 1.24 bits per heavy atom.